The van der Waals surface area contributed by atoms with Crippen LogP contribution >= 0.6 is 0 Å². The van der Waals surface area contributed by atoms with Gasteiger partial charge in [0.15, 0.2) is 0 Å². The van der Waals surface area contributed by atoms with Crippen LogP contribution in [0.3, 0.4) is 0 Å². The molecule has 0 radical (unpaired) electrons. The maximum atomic E-state index is 11.6. The van der Waals surface area contributed by atoms with Crippen LogP contribution in [0.4, 0.5) is 0 Å². The Morgan fingerprint density at radius 1 is 0.967 bits per heavy atom. The Balaban J connectivity index is 1.84. The lowest BCUT2D eigenvalue weighted by atomic mass is 9.99. The minimum atomic E-state index is -1.12. The molecule has 0 aromatic heterocycles. The number of rotatable bonds is 14. The van der Waals surface area contributed by atoms with E-state index in [4.69, 9.17) is 4.74 Å². The summed E-state index contributed by atoms with van der Waals surface area (Å²) in [6.45, 7) is 2.19. The fourth-order valence-electron chi connectivity index (χ4n) is 3.56. The summed E-state index contributed by atoms with van der Waals surface area (Å²) in [5.41, 5.74) is 1.59. The molecule has 2 aromatic rings. The third kappa shape index (κ3) is 8.46. The van der Waals surface area contributed by atoms with Crippen LogP contribution in [-0.4, -0.2) is 27.4 Å². The Hall–Kier alpha value is -2.53. The molecule has 0 bridgehead atoms. The highest BCUT2D eigenvalue weighted by molar-refractivity contribution is 5.92. The first-order valence-corrected chi connectivity index (χ1v) is 10.9. The smallest absolute Gasteiger partial charge is 0.339 e. The topological polar surface area (TPSA) is 87.0 Å². The number of phenols is 1. The van der Waals surface area contributed by atoms with E-state index >= 15 is 0 Å². The van der Waals surface area contributed by atoms with Crippen molar-refractivity contribution in [2.45, 2.75) is 77.4 Å². The van der Waals surface area contributed by atoms with Gasteiger partial charge in [0.05, 0.1) is 6.10 Å². The third-order valence-electron chi connectivity index (χ3n) is 5.20. The van der Waals surface area contributed by atoms with Gasteiger partial charge >= 0.3 is 5.97 Å². The van der Waals surface area contributed by atoms with Crippen molar-refractivity contribution in [2.75, 3.05) is 0 Å². The van der Waals surface area contributed by atoms with Gasteiger partial charge in [-0.1, -0.05) is 68.9 Å². The largest absolute Gasteiger partial charge is 0.507 e. The molecule has 0 saturated heterocycles. The molecule has 5 heteroatoms. The van der Waals surface area contributed by atoms with Crippen molar-refractivity contribution in [3.8, 4) is 11.5 Å². The van der Waals surface area contributed by atoms with Gasteiger partial charge in [-0.25, -0.2) is 4.79 Å². The highest BCUT2D eigenvalue weighted by Crippen LogP contribution is 2.30. The summed E-state index contributed by atoms with van der Waals surface area (Å²) in [5.74, 6) is -0.883. The zero-order valence-electron chi connectivity index (χ0n) is 17.8. The van der Waals surface area contributed by atoms with Crippen LogP contribution in [0.5, 0.6) is 11.5 Å². The molecule has 2 aromatic carbocycles. The lowest BCUT2D eigenvalue weighted by Crippen LogP contribution is -2.05. The number of hydrogen-bond acceptors (Lipinski definition) is 4. The molecule has 164 valence electrons. The fraction of sp³-hybridized carbons (Fsp3) is 0.480. The molecular formula is C25H34O5. The molecule has 0 unspecified atom stereocenters. The quantitative estimate of drug-likeness (QED) is 0.345. The number of benzene rings is 2. The van der Waals surface area contributed by atoms with Gasteiger partial charge in [0.25, 0.3) is 0 Å². The molecule has 3 N–H and O–H groups in total. The summed E-state index contributed by atoms with van der Waals surface area (Å²) in [4.78, 5) is 11.6. The number of aryl methyl sites for hydroxylation is 1. The number of hydrogen-bond donors (Lipinski definition) is 3. The van der Waals surface area contributed by atoms with Crippen LogP contribution < -0.4 is 4.74 Å². The number of aliphatic hydroxyl groups excluding tert-OH is 1. The van der Waals surface area contributed by atoms with E-state index in [9.17, 15) is 20.1 Å². The summed E-state index contributed by atoms with van der Waals surface area (Å²) in [5, 5.41) is 29.0. The zero-order chi connectivity index (χ0) is 21.8. The lowest BCUT2D eigenvalue weighted by Gasteiger charge is -2.13. The summed E-state index contributed by atoms with van der Waals surface area (Å²) in [6, 6.07) is 12.8. The first-order chi connectivity index (χ1) is 14.5. The number of ether oxygens (including phenoxy) is 1. The molecule has 0 spiro atoms. The summed E-state index contributed by atoms with van der Waals surface area (Å²) < 4.78 is 5.78. The first kappa shape index (κ1) is 23.7. The fourth-order valence-corrected chi connectivity index (χ4v) is 3.56. The maximum absolute atomic E-state index is 11.6. The summed E-state index contributed by atoms with van der Waals surface area (Å²) in [7, 11) is 0. The van der Waals surface area contributed by atoms with E-state index < -0.39 is 5.97 Å². The van der Waals surface area contributed by atoms with Crippen molar-refractivity contribution in [1.82, 2.24) is 0 Å². The molecule has 0 aliphatic rings. The van der Waals surface area contributed by atoms with Gasteiger partial charge in [-0.2, -0.15) is 0 Å². The Bertz CT molecular complexity index is 771. The van der Waals surface area contributed by atoms with E-state index in [1.807, 2.05) is 37.3 Å². The summed E-state index contributed by atoms with van der Waals surface area (Å²) in [6.07, 6.45) is 8.76. The molecule has 0 aliphatic carbocycles. The van der Waals surface area contributed by atoms with Crippen LogP contribution in [0.2, 0.25) is 0 Å². The minimum absolute atomic E-state index is 0.0276. The van der Waals surface area contributed by atoms with Crippen LogP contribution in [0.25, 0.3) is 0 Å². The van der Waals surface area contributed by atoms with Gasteiger partial charge in [0.1, 0.15) is 23.7 Å². The highest BCUT2D eigenvalue weighted by atomic mass is 16.5. The van der Waals surface area contributed by atoms with Gasteiger partial charge in [-0.15, -0.1) is 0 Å². The number of unbranched alkanes of at least 4 members (excludes halogenated alkanes) is 6. The molecule has 0 heterocycles. The van der Waals surface area contributed by atoms with E-state index in [-0.39, 0.29) is 17.4 Å². The first-order valence-electron chi connectivity index (χ1n) is 10.9. The van der Waals surface area contributed by atoms with E-state index in [2.05, 4.69) is 0 Å². The third-order valence-corrected chi connectivity index (χ3v) is 5.20. The minimum Gasteiger partial charge on any atom is -0.507 e. The zero-order valence-corrected chi connectivity index (χ0v) is 17.8. The number of carbonyl (C=O) groups is 1. The molecule has 2 rings (SSSR count). The average Bonchev–Trinajstić information content (AvgIpc) is 2.71. The Morgan fingerprint density at radius 2 is 1.60 bits per heavy atom. The van der Waals surface area contributed by atoms with Crippen LogP contribution in [-0.2, 0) is 13.0 Å². The number of aromatic carboxylic acids is 1. The van der Waals surface area contributed by atoms with Crippen LogP contribution in [0.1, 0.15) is 79.8 Å². The molecule has 0 amide bonds. The molecule has 5 nitrogen and oxygen atoms in total. The SMILES string of the molecule is C[C@H](O)CCCCCCCCCc1cc(OCc2ccccc2)cc(O)c1C(=O)O. The average molecular weight is 415 g/mol. The van der Waals surface area contributed by atoms with Crippen molar-refractivity contribution in [2.24, 2.45) is 0 Å². The molecule has 30 heavy (non-hydrogen) atoms. The van der Waals surface area contributed by atoms with Crippen molar-refractivity contribution >= 4 is 5.97 Å². The Morgan fingerprint density at radius 3 is 2.23 bits per heavy atom. The standard InChI is InChI=1S/C25H34O5/c1-19(26)12-8-5-3-2-4-6-11-15-21-16-22(17-23(27)24(21)25(28)29)30-18-20-13-9-7-10-14-20/h7,9-10,13-14,16-17,19,26-27H,2-6,8,11-12,15,18H2,1H3,(H,28,29)/t19-/m0/s1. The number of aromatic hydroxyl groups is 1. The number of aliphatic hydroxyl groups is 1. The molecule has 0 aliphatic heterocycles. The number of carboxylic acid groups (broad SMARTS) is 1. The van der Waals surface area contributed by atoms with Gasteiger partial charge in [-0.3, -0.25) is 0 Å². The summed E-state index contributed by atoms with van der Waals surface area (Å²) >= 11 is 0. The van der Waals surface area contributed by atoms with E-state index in [1.165, 1.54) is 6.07 Å². The van der Waals surface area contributed by atoms with E-state index in [0.717, 1.165) is 56.9 Å². The van der Waals surface area contributed by atoms with Gasteiger partial charge in [0, 0.05) is 6.07 Å². The van der Waals surface area contributed by atoms with E-state index in [1.54, 1.807) is 6.07 Å². The molecule has 0 saturated carbocycles. The van der Waals surface area contributed by atoms with Crippen molar-refractivity contribution in [1.29, 1.82) is 0 Å². The predicted octanol–water partition coefficient (Wildman–Crippen LogP) is 5.71. The van der Waals surface area contributed by atoms with Crippen LogP contribution in [0.15, 0.2) is 42.5 Å². The number of carboxylic acids is 1. The van der Waals surface area contributed by atoms with E-state index in [0.29, 0.717) is 24.3 Å². The lowest BCUT2D eigenvalue weighted by molar-refractivity contribution is 0.0692. The molecule has 1 atom stereocenters. The Labute approximate surface area is 179 Å². The second kappa shape index (κ2) is 12.9. The van der Waals surface area contributed by atoms with Crippen molar-refractivity contribution < 1.29 is 24.9 Å². The van der Waals surface area contributed by atoms with Crippen molar-refractivity contribution in [3.05, 3.63) is 59.2 Å². The van der Waals surface area contributed by atoms with Crippen LogP contribution in [0, 0.1) is 0 Å². The van der Waals surface area contributed by atoms with Gasteiger partial charge in [-0.05, 0) is 43.4 Å². The predicted molar refractivity (Wildman–Crippen MR) is 118 cm³/mol. The monoisotopic (exact) mass is 414 g/mol. The second-order valence-corrected chi connectivity index (χ2v) is 7.92. The van der Waals surface area contributed by atoms with Gasteiger partial charge in [0.2, 0.25) is 0 Å². The molecular weight excluding hydrogens is 380 g/mol. The highest BCUT2D eigenvalue weighted by Gasteiger charge is 2.17. The second-order valence-electron chi connectivity index (χ2n) is 7.92. The van der Waals surface area contributed by atoms with Gasteiger partial charge < -0.3 is 20.1 Å². The molecule has 0 fully saturated rings. The Kier molecular flexibility index (Phi) is 10.2. The maximum Gasteiger partial charge on any atom is 0.339 e. The normalized spacial score (nSPS) is 11.9. The van der Waals surface area contributed by atoms with Crippen molar-refractivity contribution in [3.63, 3.8) is 0 Å².